The minimum absolute atomic E-state index is 0.187. The lowest BCUT2D eigenvalue weighted by Gasteiger charge is -2.18. The zero-order valence-electron chi connectivity index (χ0n) is 15.2. The Morgan fingerprint density at radius 3 is 2.33 bits per heavy atom. The van der Waals surface area contributed by atoms with Gasteiger partial charge in [0, 0.05) is 12.5 Å². The van der Waals surface area contributed by atoms with E-state index in [4.69, 9.17) is 9.47 Å². The number of methoxy groups -OCH3 is 2. The number of benzene rings is 2. The van der Waals surface area contributed by atoms with Gasteiger partial charge in [0.1, 0.15) is 17.3 Å². The molecule has 0 heterocycles. The van der Waals surface area contributed by atoms with Crippen molar-refractivity contribution in [1.82, 2.24) is 4.72 Å². The number of rotatable bonds is 8. The van der Waals surface area contributed by atoms with Gasteiger partial charge in [-0.2, -0.15) is 0 Å². The van der Waals surface area contributed by atoms with Crippen molar-refractivity contribution in [3.8, 4) is 11.5 Å². The van der Waals surface area contributed by atoms with E-state index < -0.39 is 27.8 Å². The molecule has 2 aromatic carbocycles. The summed E-state index contributed by atoms with van der Waals surface area (Å²) in [4.78, 5) is 12.5. The highest BCUT2D eigenvalue weighted by Gasteiger charge is 2.21. The van der Waals surface area contributed by atoms with Gasteiger partial charge in [-0.1, -0.05) is 12.1 Å². The molecule has 2 rings (SSSR count). The number of carbonyl (C=O) groups is 1. The third kappa shape index (κ3) is 6.22. The second-order valence-electron chi connectivity index (χ2n) is 5.81. The van der Waals surface area contributed by atoms with Crippen molar-refractivity contribution in [2.24, 2.45) is 0 Å². The molecule has 1 atom stereocenters. The highest BCUT2D eigenvalue weighted by molar-refractivity contribution is 7.88. The molecule has 2 aromatic rings. The molecule has 1 unspecified atom stereocenters. The Morgan fingerprint density at radius 2 is 1.78 bits per heavy atom. The average molecular weight is 396 g/mol. The van der Waals surface area contributed by atoms with Crippen LogP contribution in [0.5, 0.6) is 11.5 Å². The maximum atomic E-state index is 13.1. The largest absolute Gasteiger partial charge is 0.497 e. The van der Waals surface area contributed by atoms with Crippen LogP contribution >= 0.6 is 0 Å². The smallest absolute Gasteiger partial charge is 0.226 e. The lowest BCUT2D eigenvalue weighted by atomic mass is 10.0. The Balaban J connectivity index is 2.19. The molecule has 9 heteroatoms. The predicted octanol–water partition coefficient (Wildman–Crippen LogP) is 2.46. The summed E-state index contributed by atoms with van der Waals surface area (Å²) >= 11 is 0. The van der Waals surface area contributed by atoms with Crippen LogP contribution in [-0.4, -0.2) is 34.8 Å². The first-order chi connectivity index (χ1) is 12.7. The standard InChI is InChI=1S/C18H21FN2O5S/c1-25-14-8-9-15(17(10-14)26-2)20-18(22)11-16(21-27(3,23)24)12-4-6-13(19)7-5-12/h4-10,16,21H,11H2,1-3H3,(H,20,22). The van der Waals surface area contributed by atoms with Crippen molar-refractivity contribution >= 4 is 21.6 Å². The van der Waals surface area contributed by atoms with Crippen LogP contribution in [0.3, 0.4) is 0 Å². The maximum absolute atomic E-state index is 13.1. The minimum atomic E-state index is -3.59. The molecule has 0 fully saturated rings. The second-order valence-corrected chi connectivity index (χ2v) is 7.59. The van der Waals surface area contributed by atoms with Crippen molar-refractivity contribution in [3.05, 3.63) is 53.8 Å². The molecular weight excluding hydrogens is 375 g/mol. The Kier molecular flexibility index (Phi) is 6.75. The van der Waals surface area contributed by atoms with Gasteiger partial charge in [0.2, 0.25) is 15.9 Å². The summed E-state index contributed by atoms with van der Waals surface area (Å²) in [6.07, 6.45) is 0.807. The highest BCUT2D eigenvalue weighted by Crippen LogP contribution is 2.29. The van der Waals surface area contributed by atoms with Crippen LogP contribution in [0.2, 0.25) is 0 Å². The Bertz CT molecular complexity index is 900. The number of nitrogens with one attached hydrogen (secondary N) is 2. The van der Waals surface area contributed by atoms with Crippen LogP contribution in [0, 0.1) is 5.82 Å². The molecule has 7 nitrogen and oxygen atoms in total. The fourth-order valence-electron chi connectivity index (χ4n) is 2.47. The van der Waals surface area contributed by atoms with E-state index in [0.717, 1.165) is 6.26 Å². The molecule has 0 bridgehead atoms. The van der Waals surface area contributed by atoms with Crippen molar-refractivity contribution in [3.63, 3.8) is 0 Å². The monoisotopic (exact) mass is 396 g/mol. The molecule has 0 aliphatic heterocycles. The number of sulfonamides is 1. The maximum Gasteiger partial charge on any atom is 0.226 e. The summed E-state index contributed by atoms with van der Waals surface area (Å²) in [5, 5.41) is 2.68. The van der Waals surface area contributed by atoms with Gasteiger partial charge in [0.25, 0.3) is 0 Å². The number of hydrogen-bond donors (Lipinski definition) is 2. The van der Waals surface area contributed by atoms with Crippen LogP contribution < -0.4 is 19.5 Å². The first-order valence-electron chi connectivity index (χ1n) is 7.96. The molecule has 0 aromatic heterocycles. The number of amides is 1. The third-order valence-corrected chi connectivity index (χ3v) is 4.41. The van der Waals surface area contributed by atoms with Gasteiger partial charge >= 0.3 is 0 Å². The lowest BCUT2D eigenvalue weighted by molar-refractivity contribution is -0.116. The van der Waals surface area contributed by atoms with Gasteiger partial charge in [-0.15, -0.1) is 0 Å². The summed E-state index contributed by atoms with van der Waals surface area (Å²) in [5.74, 6) is 0.0677. The van der Waals surface area contributed by atoms with E-state index in [2.05, 4.69) is 10.0 Å². The average Bonchev–Trinajstić information content (AvgIpc) is 2.61. The molecule has 2 N–H and O–H groups in total. The van der Waals surface area contributed by atoms with E-state index in [0.29, 0.717) is 22.7 Å². The van der Waals surface area contributed by atoms with E-state index in [1.807, 2.05) is 0 Å². The normalized spacial score (nSPS) is 12.3. The van der Waals surface area contributed by atoms with Crippen molar-refractivity contribution in [1.29, 1.82) is 0 Å². The van der Waals surface area contributed by atoms with Gasteiger partial charge in [-0.05, 0) is 29.8 Å². The van der Waals surface area contributed by atoms with Crippen molar-refractivity contribution < 1.29 is 27.1 Å². The number of ether oxygens (including phenoxy) is 2. The van der Waals surface area contributed by atoms with E-state index in [-0.39, 0.29) is 6.42 Å². The summed E-state index contributed by atoms with van der Waals surface area (Å²) in [6, 6.07) is 9.31. The summed E-state index contributed by atoms with van der Waals surface area (Å²) < 4.78 is 49.1. The second kappa shape index (κ2) is 8.83. The molecule has 0 aliphatic carbocycles. The van der Waals surface area contributed by atoms with Crippen LogP contribution in [0.25, 0.3) is 0 Å². The van der Waals surface area contributed by atoms with Crippen LogP contribution in [0.15, 0.2) is 42.5 Å². The van der Waals surface area contributed by atoms with Gasteiger partial charge in [0.05, 0.1) is 32.2 Å². The van der Waals surface area contributed by atoms with Crippen molar-refractivity contribution in [2.45, 2.75) is 12.5 Å². The summed E-state index contributed by atoms with van der Waals surface area (Å²) in [7, 11) is -0.620. The first kappa shape index (κ1) is 20.7. The highest BCUT2D eigenvalue weighted by atomic mass is 32.2. The van der Waals surface area contributed by atoms with Crippen molar-refractivity contribution in [2.75, 3.05) is 25.8 Å². The number of halogens is 1. The van der Waals surface area contributed by atoms with Gasteiger partial charge < -0.3 is 14.8 Å². The molecule has 0 saturated heterocycles. The fourth-order valence-corrected chi connectivity index (χ4v) is 3.21. The molecule has 0 saturated carbocycles. The topological polar surface area (TPSA) is 93.7 Å². The quantitative estimate of drug-likeness (QED) is 0.715. The van der Waals surface area contributed by atoms with Crippen LogP contribution in [0.1, 0.15) is 18.0 Å². The molecule has 0 radical (unpaired) electrons. The number of carbonyl (C=O) groups excluding carboxylic acids is 1. The summed E-state index contributed by atoms with van der Waals surface area (Å²) in [6.45, 7) is 0. The molecule has 0 spiro atoms. The third-order valence-electron chi connectivity index (χ3n) is 3.70. The van der Waals surface area contributed by atoms with E-state index >= 15 is 0 Å². The van der Waals surface area contributed by atoms with Gasteiger partial charge in [0.15, 0.2) is 0 Å². The molecule has 27 heavy (non-hydrogen) atoms. The zero-order valence-corrected chi connectivity index (χ0v) is 16.0. The minimum Gasteiger partial charge on any atom is -0.497 e. The van der Waals surface area contributed by atoms with E-state index in [1.165, 1.54) is 38.5 Å². The zero-order chi connectivity index (χ0) is 20.0. The Labute approximate surface area is 157 Å². The van der Waals surface area contributed by atoms with E-state index in [9.17, 15) is 17.6 Å². The Morgan fingerprint density at radius 1 is 1.11 bits per heavy atom. The molecule has 0 aliphatic rings. The number of hydrogen-bond acceptors (Lipinski definition) is 5. The fraction of sp³-hybridized carbons (Fsp3) is 0.278. The number of anilines is 1. The van der Waals surface area contributed by atoms with E-state index in [1.54, 1.807) is 18.2 Å². The molecular formula is C18H21FN2O5S. The van der Waals surface area contributed by atoms with Gasteiger partial charge in [-0.25, -0.2) is 17.5 Å². The summed E-state index contributed by atoms with van der Waals surface area (Å²) in [5.41, 5.74) is 0.888. The molecule has 1 amide bonds. The lowest BCUT2D eigenvalue weighted by Crippen LogP contribution is -2.30. The molecule has 146 valence electrons. The van der Waals surface area contributed by atoms with Crippen LogP contribution in [0.4, 0.5) is 10.1 Å². The predicted molar refractivity (Wildman–Crippen MR) is 99.9 cm³/mol. The Hall–Kier alpha value is -2.65. The van der Waals surface area contributed by atoms with Crippen LogP contribution in [-0.2, 0) is 14.8 Å². The SMILES string of the molecule is COc1ccc(NC(=O)CC(NS(C)(=O)=O)c2ccc(F)cc2)c(OC)c1. The first-order valence-corrected chi connectivity index (χ1v) is 9.85. The van der Waals surface area contributed by atoms with Gasteiger partial charge in [-0.3, -0.25) is 4.79 Å².